The third kappa shape index (κ3) is 2.17. The molecule has 0 spiro atoms. The van der Waals surface area contributed by atoms with Crippen LogP contribution in [0.4, 0.5) is 0 Å². The van der Waals surface area contributed by atoms with Gasteiger partial charge in [0.2, 0.25) is 5.91 Å². The first-order valence-corrected chi connectivity index (χ1v) is 8.01. The Morgan fingerprint density at radius 3 is 2.42 bits per heavy atom. The Labute approximate surface area is 140 Å². The molecule has 4 rings (SSSR count). The van der Waals surface area contributed by atoms with Gasteiger partial charge in [-0.2, -0.15) is 0 Å². The number of hydrogen-bond acceptors (Lipinski definition) is 1. The molecule has 24 heavy (non-hydrogen) atoms. The number of nitrogens with two attached hydrogens (primary N) is 1. The van der Waals surface area contributed by atoms with Crippen molar-refractivity contribution in [2.24, 2.45) is 5.73 Å². The number of fused-ring (bicyclic) bond motifs is 3. The summed E-state index contributed by atoms with van der Waals surface area (Å²) in [4.78, 5) is 11.9. The lowest BCUT2D eigenvalue weighted by Crippen LogP contribution is -2.11. The van der Waals surface area contributed by atoms with E-state index in [0.29, 0.717) is 5.56 Å². The minimum absolute atomic E-state index is 0.389. The summed E-state index contributed by atoms with van der Waals surface area (Å²) >= 11 is 0. The fraction of sp³-hybridized carbons (Fsp3) is 0.0952. The lowest BCUT2D eigenvalue weighted by Gasteiger charge is -2.10. The number of nitrogens with zero attached hydrogens (tertiary/aromatic N) is 1. The van der Waals surface area contributed by atoms with E-state index in [2.05, 4.69) is 54.0 Å². The largest absolute Gasteiger partial charge is 0.366 e. The second kappa shape index (κ2) is 5.53. The zero-order chi connectivity index (χ0) is 16.7. The van der Waals surface area contributed by atoms with Gasteiger partial charge in [-0.1, -0.05) is 48.5 Å². The molecule has 2 N–H and O–H groups in total. The van der Waals surface area contributed by atoms with Crippen LogP contribution in [0.25, 0.3) is 21.8 Å². The summed E-state index contributed by atoms with van der Waals surface area (Å²) in [6.45, 7) is 2.89. The molecule has 0 atom stereocenters. The molecule has 1 aromatic heterocycles. The van der Waals surface area contributed by atoms with Gasteiger partial charge in [0.1, 0.15) is 0 Å². The molecule has 1 amide bonds. The van der Waals surface area contributed by atoms with E-state index >= 15 is 0 Å². The van der Waals surface area contributed by atoms with Crippen molar-refractivity contribution in [1.29, 1.82) is 0 Å². The third-order valence-corrected chi connectivity index (χ3v) is 4.65. The number of benzene rings is 3. The van der Waals surface area contributed by atoms with Crippen LogP contribution in [0.1, 0.15) is 21.5 Å². The maximum atomic E-state index is 11.9. The van der Waals surface area contributed by atoms with Crippen molar-refractivity contribution in [3.05, 3.63) is 83.4 Å². The Kier molecular flexibility index (Phi) is 3.35. The minimum atomic E-state index is -0.389. The molecule has 3 aromatic carbocycles. The molecule has 0 aliphatic rings. The van der Waals surface area contributed by atoms with Crippen LogP contribution in [0.15, 0.2) is 66.7 Å². The Morgan fingerprint density at radius 1 is 0.917 bits per heavy atom. The monoisotopic (exact) mass is 314 g/mol. The molecule has 4 aromatic rings. The van der Waals surface area contributed by atoms with Gasteiger partial charge in [-0.25, -0.2) is 0 Å². The molecule has 1 heterocycles. The van der Waals surface area contributed by atoms with Gasteiger partial charge in [0.05, 0.1) is 5.52 Å². The van der Waals surface area contributed by atoms with Crippen molar-refractivity contribution in [1.82, 2.24) is 4.57 Å². The van der Waals surface area contributed by atoms with Gasteiger partial charge in [-0.05, 0) is 36.2 Å². The van der Waals surface area contributed by atoms with Crippen LogP contribution >= 0.6 is 0 Å². The summed E-state index contributed by atoms with van der Waals surface area (Å²) in [6, 6.07) is 22.3. The number of carbonyl (C=O) groups is 1. The minimum Gasteiger partial charge on any atom is -0.366 e. The molecule has 0 aliphatic heterocycles. The van der Waals surface area contributed by atoms with E-state index in [4.69, 9.17) is 5.73 Å². The average Bonchev–Trinajstić information content (AvgIpc) is 2.91. The number of hydrogen-bond donors (Lipinski definition) is 1. The number of carbonyl (C=O) groups excluding carboxylic acids is 1. The smallest absolute Gasteiger partial charge is 0.249 e. The van der Waals surface area contributed by atoms with Crippen molar-refractivity contribution >= 4 is 27.7 Å². The van der Waals surface area contributed by atoms with E-state index in [1.54, 1.807) is 6.07 Å². The Balaban J connectivity index is 2.06. The lowest BCUT2D eigenvalue weighted by atomic mass is 10.1. The van der Waals surface area contributed by atoms with E-state index in [1.807, 2.05) is 18.2 Å². The van der Waals surface area contributed by atoms with E-state index in [-0.39, 0.29) is 5.91 Å². The molecular weight excluding hydrogens is 296 g/mol. The average molecular weight is 314 g/mol. The van der Waals surface area contributed by atoms with Crippen molar-refractivity contribution < 1.29 is 4.79 Å². The topological polar surface area (TPSA) is 48.0 Å². The molecule has 0 unspecified atom stereocenters. The zero-order valence-electron chi connectivity index (χ0n) is 13.5. The highest BCUT2D eigenvalue weighted by atomic mass is 16.1. The molecule has 0 radical (unpaired) electrons. The van der Waals surface area contributed by atoms with Crippen LogP contribution in [0, 0.1) is 6.92 Å². The van der Waals surface area contributed by atoms with Gasteiger partial charge >= 0.3 is 0 Å². The molecule has 0 saturated heterocycles. The fourth-order valence-corrected chi connectivity index (χ4v) is 3.43. The fourth-order valence-electron chi connectivity index (χ4n) is 3.43. The SMILES string of the molecule is Cc1ccccc1Cn1c2ccccc2c2c(C(N)=O)cccc21. The van der Waals surface area contributed by atoms with Crippen molar-refractivity contribution in [3.8, 4) is 0 Å². The number of rotatable bonds is 3. The first-order chi connectivity index (χ1) is 11.7. The summed E-state index contributed by atoms with van der Waals surface area (Å²) in [6.07, 6.45) is 0. The summed E-state index contributed by atoms with van der Waals surface area (Å²) < 4.78 is 2.26. The van der Waals surface area contributed by atoms with Crippen molar-refractivity contribution in [3.63, 3.8) is 0 Å². The number of aryl methyl sites for hydroxylation is 1. The number of amides is 1. The first-order valence-electron chi connectivity index (χ1n) is 8.01. The lowest BCUT2D eigenvalue weighted by molar-refractivity contribution is 0.100. The highest BCUT2D eigenvalue weighted by molar-refractivity contribution is 6.17. The standard InChI is InChI=1S/C21H18N2O/c1-14-7-2-3-8-15(14)13-23-18-11-5-4-9-16(18)20-17(21(22)24)10-6-12-19(20)23/h2-12H,13H2,1H3,(H2,22,24). The van der Waals surface area contributed by atoms with Gasteiger partial charge in [0, 0.05) is 28.4 Å². The van der Waals surface area contributed by atoms with Gasteiger partial charge in [0.25, 0.3) is 0 Å². The van der Waals surface area contributed by atoms with E-state index in [9.17, 15) is 4.79 Å². The van der Waals surface area contributed by atoms with Gasteiger partial charge < -0.3 is 10.3 Å². The summed E-state index contributed by atoms with van der Waals surface area (Å²) in [5, 5.41) is 2.00. The normalized spacial score (nSPS) is 11.2. The molecule has 0 fully saturated rings. The van der Waals surface area contributed by atoms with Crippen LogP contribution in [0.3, 0.4) is 0 Å². The molecular formula is C21H18N2O. The zero-order valence-corrected chi connectivity index (χ0v) is 13.5. The van der Waals surface area contributed by atoms with Crippen molar-refractivity contribution in [2.75, 3.05) is 0 Å². The second-order valence-corrected chi connectivity index (χ2v) is 6.09. The van der Waals surface area contributed by atoms with Gasteiger partial charge in [-0.15, -0.1) is 0 Å². The predicted molar refractivity (Wildman–Crippen MR) is 98.2 cm³/mol. The second-order valence-electron chi connectivity index (χ2n) is 6.09. The Bertz CT molecular complexity index is 1080. The Hall–Kier alpha value is -3.07. The quantitative estimate of drug-likeness (QED) is 0.604. The molecule has 3 nitrogen and oxygen atoms in total. The van der Waals surface area contributed by atoms with Crippen LogP contribution < -0.4 is 5.73 Å². The van der Waals surface area contributed by atoms with Crippen LogP contribution in [0.5, 0.6) is 0 Å². The molecule has 118 valence electrons. The maximum absolute atomic E-state index is 11.9. The van der Waals surface area contributed by atoms with Crippen LogP contribution in [-0.4, -0.2) is 10.5 Å². The number of aromatic nitrogens is 1. The van der Waals surface area contributed by atoms with E-state index in [1.165, 1.54) is 11.1 Å². The summed E-state index contributed by atoms with van der Waals surface area (Å²) in [5.41, 5.74) is 10.9. The maximum Gasteiger partial charge on any atom is 0.249 e. The predicted octanol–water partition coefficient (Wildman–Crippen LogP) is 4.25. The highest BCUT2D eigenvalue weighted by Crippen LogP contribution is 2.32. The molecule has 0 bridgehead atoms. The van der Waals surface area contributed by atoms with E-state index < -0.39 is 0 Å². The highest BCUT2D eigenvalue weighted by Gasteiger charge is 2.16. The van der Waals surface area contributed by atoms with Crippen molar-refractivity contribution in [2.45, 2.75) is 13.5 Å². The van der Waals surface area contributed by atoms with Gasteiger partial charge in [0.15, 0.2) is 0 Å². The number of para-hydroxylation sites is 1. The third-order valence-electron chi connectivity index (χ3n) is 4.65. The van der Waals surface area contributed by atoms with E-state index in [0.717, 1.165) is 28.4 Å². The summed E-state index contributed by atoms with van der Waals surface area (Å²) in [7, 11) is 0. The Morgan fingerprint density at radius 2 is 1.62 bits per heavy atom. The van der Waals surface area contributed by atoms with Crippen LogP contribution in [0.2, 0.25) is 0 Å². The van der Waals surface area contributed by atoms with Gasteiger partial charge in [-0.3, -0.25) is 4.79 Å². The first kappa shape index (κ1) is 14.5. The molecule has 0 aliphatic carbocycles. The molecule has 3 heteroatoms. The summed E-state index contributed by atoms with van der Waals surface area (Å²) in [5.74, 6) is -0.389. The molecule has 0 saturated carbocycles. The number of primary amides is 1. The van der Waals surface area contributed by atoms with Crippen LogP contribution in [-0.2, 0) is 6.54 Å².